The lowest BCUT2D eigenvalue weighted by Gasteiger charge is -2.09. The molecular formula is C10H17N5O2. The van der Waals surface area contributed by atoms with Crippen LogP contribution in [0.1, 0.15) is 6.92 Å². The van der Waals surface area contributed by atoms with E-state index in [1.165, 1.54) is 17.8 Å². The van der Waals surface area contributed by atoms with Crippen molar-refractivity contribution in [3.8, 4) is 0 Å². The monoisotopic (exact) mass is 239 g/mol. The van der Waals surface area contributed by atoms with E-state index in [9.17, 15) is 4.79 Å². The Bertz CT molecular complexity index is 371. The summed E-state index contributed by atoms with van der Waals surface area (Å²) in [6.07, 6.45) is 4.16. The molecule has 94 valence electrons. The Morgan fingerprint density at radius 2 is 2.18 bits per heavy atom. The van der Waals surface area contributed by atoms with Crippen LogP contribution in [0.25, 0.3) is 0 Å². The third-order valence-corrected chi connectivity index (χ3v) is 1.62. The van der Waals surface area contributed by atoms with Gasteiger partial charge in [0.05, 0.1) is 11.4 Å². The summed E-state index contributed by atoms with van der Waals surface area (Å²) in [4.78, 5) is 14.5. The van der Waals surface area contributed by atoms with Crippen molar-refractivity contribution in [3.05, 3.63) is 35.9 Å². The molecule has 7 N–H and O–H groups in total. The van der Waals surface area contributed by atoms with E-state index in [2.05, 4.69) is 16.9 Å². The highest BCUT2D eigenvalue weighted by Crippen LogP contribution is 2.02. The molecule has 0 aliphatic heterocycles. The Kier molecular flexibility index (Phi) is 6.88. The first kappa shape index (κ1) is 14.7. The van der Waals surface area contributed by atoms with Crippen LogP contribution in [0.3, 0.4) is 0 Å². The Labute approximate surface area is 99.5 Å². The Morgan fingerprint density at radius 1 is 1.53 bits per heavy atom. The molecule has 7 nitrogen and oxygen atoms in total. The number of nitrogens with one attached hydrogen (secondary N) is 2. The maximum Gasteiger partial charge on any atom is 0.267 e. The predicted molar refractivity (Wildman–Crippen MR) is 65.8 cm³/mol. The summed E-state index contributed by atoms with van der Waals surface area (Å²) in [5.74, 6) is -0.413. The number of hydrogen-bond acceptors (Lipinski definition) is 6. The molecule has 0 aliphatic carbocycles. The minimum absolute atomic E-state index is 0.208. The van der Waals surface area contributed by atoms with E-state index in [0.717, 1.165) is 6.08 Å². The number of nitrogens with zero attached hydrogens (tertiary/aromatic N) is 1. The lowest BCUT2D eigenvalue weighted by molar-refractivity contribution is -0.124. The minimum Gasteiger partial charge on any atom is -0.397 e. The van der Waals surface area contributed by atoms with Gasteiger partial charge in [-0.05, 0) is 6.92 Å². The van der Waals surface area contributed by atoms with E-state index in [1.807, 2.05) is 0 Å². The summed E-state index contributed by atoms with van der Waals surface area (Å²) in [5, 5.41) is 11.1. The molecule has 0 heterocycles. The molecule has 7 heteroatoms. The van der Waals surface area contributed by atoms with Gasteiger partial charge in [0.1, 0.15) is 5.82 Å². The normalized spacial score (nSPS) is 12.6. The zero-order valence-electron chi connectivity index (χ0n) is 9.60. The van der Waals surface area contributed by atoms with Crippen LogP contribution in [-0.4, -0.2) is 23.9 Å². The topological polar surface area (TPSA) is 126 Å². The molecule has 17 heavy (non-hydrogen) atoms. The SMILES string of the molecule is C=C(N)/C(NC/C=C/C(=O)NO)=C(N)\N=C/C. The summed E-state index contributed by atoms with van der Waals surface area (Å²) in [6, 6.07) is 0. The lowest BCUT2D eigenvalue weighted by atomic mass is 10.3. The fraction of sp³-hybridized carbons (Fsp3) is 0.200. The van der Waals surface area contributed by atoms with Gasteiger partial charge in [0.25, 0.3) is 5.91 Å². The van der Waals surface area contributed by atoms with Crippen molar-refractivity contribution in [2.75, 3.05) is 6.54 Å². The predicted octanol–water partition coefficient (Wildman–Crippen LogP) is -0.671. The molecule has 0 aromatic heterocycles. The average Bonchev–Trinajstić information content (AvgIpc) is 2.28. The molecule has 0 radical (unpaired) electrons. The van der Waals surface area contributed by atoms with Gasteiger partial charge >= 0.3 is 0 Å². The minimum atomic E-state index is -0.622. The van der Waals surface area contributed by atoms with Crippen molar-refractivity contribution in [1.82, 2.24) is 10.8 Å². The Hall–Kier alpha value is -2.28. The number of nitrogens with two attached hydrogens (primary N) is 2. The molecule has 0 fully saturated rings. The van der Waals surface area contributed by atoms with Crippen LogP contribution < -0.4 is 22.3 Å². The van der Waals surface area contributed by atoms with Crippen LogP contribution in [0, 0.1) is 0 Å². The van der Waals surface area contributed by atoms with Crippen molar-refractivity contribution in [3.63, 3.8) is 0 Å². The zero-order valence-corrected chi connectivity index (χ0v) is 9.60. The standard InChI is InChI=1S/C10H17N5O2/c1-3-13-10(12)9(7(2)11)14-6-4-5-8(16)15-17/h3-5,14,17H,2,6,11-12H2,1H3,(H,15,16)/b5-4+,10-9+,13-3-. The second kappa shape index (κ2) is 7.94. The van der Waals surface area contributed by atoms with Gasteiger partial charge in [-0.1, -0.05) is 12.7 Å². The van der Waals surface area contributed by atoms with Gasteiger partial charge < -0.3 is 16.8 Å². The van der Waals surface area contributed by atoms with E-state index < -0.39 is 5.91 Å². The first-order valence-corrected chi connectivity index (χ1v) is 4.80. The van der Waals surface area contributed by atoms with Crippen molar-refractivity contribution >= 4 is 12.1 Å². The van der Waals surface area contributed by atoms with E-state index in [4.69, 9.17) is 16.7 Å². The van der Waals surface area contributed by atoms with Crippen LogP contribution in [0.5, 0.6) is 0 Å². The molecule has 0 unspecified atom stereocenters. The highest BCUT2D eigenvalue weighted by atomic mass is 16.5. The van der Waals surface area contributed by atoms with Gasteiger partial charge in [-0.2, -0.15) is 0 Å². The summed E-state index contributed by atoms with van der Waals surface area (Å²) in [7, 11) is 0. The van der Waals surface area contributed by atoms with E-state index in [-0.39, 0.29) is 11.5 Å². The first-order chi connectivity index (χ1) is 8.02. The number of hydroxylamine groups is 1. The average molecular weight is 239 g/mol. The number of carbonyl (C=O) groups excluding carboxylic acids is 1. The van der Waals surface area contributed by atoms with Gasteiger partial charge in [-0.15, -0.1) is 0 Å². The van der Waals surface area contributed by atoms with Gasteiger partial charge in [0.15, 0.2) is 0 Å². The van der Waals surface area contributed by atoms with Crippen LogP contribution in [0.2, 0.25) is 0 Å². The van der Waals surface area contributed by atoms with E-state index >= 15 is 0 Å². The van der Waals surface area contributed by atoms with Crippen molar-refractivity contribution in [1.29, 1.82) is 0 Å². The second-order valence-corrected chi connectivity index (χ2v) is 2.93. The highest BCUT2D eigenvalue weighted by molar-refractivity contribution is 5.86. The molecule has 0 saturated carbocycles. The number of amides is 1. The highest BCUT2D eigenvalue weighted by Gasteiger charge is 2.02. The lowest BCUT2D eigenvalue weighted by Crippen LogP contribution is -2.23. The molecular weight excluding hydrogens is 222 g/mol. The maximum absolute atomic E-state index is 10.6. The number of hydrogen-bond donors (Lipinski definition) is 5. The van der Waals surface area contributed by atoms with Gasteiger partial charge in [0, 0.05) is 18.8 Å². The first-order valence-electron chi connectivity index (χ1n) is 4.80. The second-order valence-electron chi connectivity index (χ2n) is 2.93. The van der Waals surface area contributed by atoms with Crippen molar-refractivity contribution in [2.24, 2.45) is 16.5 Å². The molecule has 0 spiro atoms. The quantitative estimate of drug-likeness (QED) is 0.138. The van der Waals surface area contributed by atoms with E-state index in [1.54, 1.807) is 6.92 Å². The molecule has 0 atom stereocenters. The molecule has 0 bridgehead atoms. The Balaban J connectivity index is 4.50. The maximum atomic E-state index is 10.6. The Morgan fingerprint density at radius 3 is 2.65 bits per heavy atom. The molecule has 0 aromatic rings. The largest absolute Gasteiger partial charge is 0.397 e. The van der Waals surface area contributed by atoms with Crippen molar-refractivity contribution < 1.29 is 10.0 Å². The van der Waals surface area contributed by atoms with Crippen LogP contribution in [0.15, 0.2) is 40.9 Å². The van der Waals surface area contributed by atoms with E-state index in [0.29, 0.717) is 12.2 Å². The molecule has 0 aromatic carbocycles. The summed E-state index contributed by atoms with van der Waals surface area (Å²) in [5.41, 5.74) is 13.3. The fourth-order valence-corrected chi connectivity index (χ4v) is 0.936. The molecule has 1 amide bonds. The smallest absolute Gasteiger partial charge is 0.267 e. The summed E-state index contributed by atoms with van der Waals surface area (Å²) < 4.78 is 0. The number of rotatable bonds is 6. The zero-order chi connectivity index (χ0) is 13.3. The molecule has 0 saturated heterocycles. The summed E-state index contributed by atoms with van der Waals surface area (Å²) >= 11 is 0. The van der Waals surface area contributed by atoms with Crippen molar-refractivity contribution in [2.45, 2.75) is 6.92 Å². The van der Waals surface area contributed by atoms with Crippen LogP contribution >= 0.6 is 0 Å². The van der Waals surface area contributed by atoms with Gasteiger partial charge in [-0.3, -0.25) is 10.0 Å². The third kappa shape index (κ3) is 6.00. The van der Waals surface area contributed by atoms with Gasteiger partial charge in [0.2, 0.25) is 0 Å². The fourth-order valence-electron chi connectivity index (χ4n) is 0.936. The summed E-state index contributed by atoms with van der Waals surface area (Å²) in [6.45, 7) is 5.56. The number of carbonyl (C=O) groups is 1. The van der Waals surface area contributed by atoms with Crippen LogP contribution in [-0.2, 0) is 4.79 Å². The molecule has 0 rings (SSSR count). The van der Waals surface area contributed by atoms with Crippen LogP contribution in [0.4, 0.5) is 0 Å². The van der Waals surface area contributed by atoms with Gasteiger partial charge in [-0.25, -0.2) is 10.5 Å². The number of aliphatic imine (C=N–C) groups is 1. The third-order valence-electron chi connectivity index (χ3n) is 1.62. The molecule has 0 aliphatic rings.